The second-order valence-corrected chi connectivity index (χ2v) is 5.70. The summed E-state index contributed by atoms with van der Waals surface area (Å²) in [6.07, 6.45) is 0.729. The molecular formula is C13H19ClN4O3. The van der Waals surface area contributed by atoms with Crippen LogP contribution in [0.15, 0.2) is 10.6 Å². The Hall–Kier alpha value is -1.60. The van der Waals surface area contributed by atoms with E-state index in [-0.39, 0.29) is 22.9 Å². The lowest BCUT2D eigenvalue weighted by molar-refractivity contribution is -0.132. The number of nitrogens with two attached hydrogens (primary N) is 1. The van der Waals surface area contributed by atoms with Crippen LogP contribution in [0.4, 0.5) is 0 Å². The van der Waals surface area contributed by atoms with Crippen molar-refractivity contribution in [1.82, 2.24) is 15.0 Å². The van der Waals surface area contributed by atoms with Crippen LogP contribution in [0, 0.1) is 5.92 Å². The Morgan fingerprint density at radius 1 is 1.48 bits per heavy atom. The zero-order valence-electron chi connectivity index (χ0n) is 11.9. The minimum Gasteiger partial charge on any atom is -0.369 e. The molecule has 1 aromatic rings. The largest absolute Gasteiger partial charge is 0.369 e. The van der Waals surface area contributed by atoms with Crippen molar-refractivity contribution in [1.29, 1.82) is 0 Å². The van der Waals surface area contributed by atoms with Crippen LogP contribution in [0.1, 0.15) is 12.2 Å². The fraction of sp³-hybridized carbons (Fsp3) is 0.615. The van der Waals surface area contributed by atoms with Gasteiger partial charge in [0.25, 0.3) is 0 Å². The van der Waals surface area contributed by atoms with Gasteiger partial charge >= 0.3 is 0 Å². The van der Waals surface area contributed by atoms with E-state index >= 15 is 0 Å². The second-order valence-electron chi connectivity index (χ2n) is 5.32. The Kier molecular flexibility index (Phi) is 5.19. The molecule has 1 aliphatic rings. The predicted molar refractivity (Wildman–Crippen MR) is 76.6 cm³/mol. The van der Waals surface area contributed by atoms with Crippen LogP contribution in [-0.4, -0.2) is 60.0 Å². The molecule has 2 heterocycles. The number of aromatic nitrogens is 1. The van der Waals surface area contributed by atoms with Crippen LogP contribution in [-0.2, 0) is 16.0 Å². The maximum atomic E-state index is 12.3. The van der Waals surface area contributed by atoms with Crippen molar-refractivity contribution >= 4 is 23.4 Å². The molecule has 2 N–H and O–H groups in total. The van der Waals surface area contributed by atoms with E-state index < -0.39 is 0 Å². The number of amides is 2. The van der Waals surface area contributed by atoms with E-state index in [1.54, 1.807) is 11.0 Å². The van der Waals surface area contributed by atoms with E-state index in [4.69, 9.17) is 21.9 Å². The summed E-state index contributed by atoms with van der Waals surface area (Å²) >= 11 is 5.66. The van der Waals surface area contributed by atoms with Crippen LogP contribution in [0.3, 0.4) is 0 Å². The molecule has 0 unspecified atom stereocenters. The Balaban J connectivity index is 1.92. The fourth-order valence-corrected chi connectivity index (χ4v) is 2.53. The van der Waals surface area contributed by atoms with Gasteiger partial charge in [-0.15, -0.1) is 0 Å². The first-order valence-corrected chi connectivity index (χ1v) is 7.20. The summed E-state index contributed by atoms with van der Waals surface area (Å²) in [7, 11) is 1.92. The second kappa shape index (κ2) is 6.91. The summed E-state index contributed by atoms with van der Waals surface area (Å²) in [4.78, 5) is 27.4. The molecule has 1 aliphatic heterocycles. The highest BCUT2D eigenvalue weighted by atomic mass is 35.5. The van der Waals surface area contributed by atoms with E-state index in [9.17, 15) is 9.59 Å². The molecule has 2 amide bonds. The van der Waals surface area contributed by atoms with Gasteiger partial charge in [0.15, 0.2) is 5.15 Å². The maximum absolute atomic E-state index is 12.3. The molecule has 7 nitrogen and oxygen atoms in total. The summed E-state index contributed by atoms with van der Waals surface area (Å²) in [6, 6.07) is 1.59. The van der Waals surface area contributed by atoms with Crippen molar-refractivity contribution in [3.63, 3.8) is 0 Å². The molecule has 0 aromatic carbocycles. The van der Waals surface area contributed by atoms with Crippen LogP contribution in [0.2, 0.25) is 5.15 Å². The average Bonchev–Trinajstić information content (AvgIpc) is 2.73. The molecular weight excluding hydrogens is 296 g/mol. The third kappa shape index (κ3) is 4.44. The van der Waals surface area contributed by atoms with E-state index in [1.165, 1.54) is 0 Å². The molecule has 21 heavy (non-hydrogen) atoms. The Labute approximate surface area is 128 Å². The third-order valence-electron chi connectivity index (χ3n) is 3.60. The Morgan fingerprint density at radius 2 is 2.24 bits per heavy atom. The molecule has 1 atom stereocenters. The number of primary amides is 1. The molecule has 0 saturated carbocycles. The van der Waals surface area contributed by atoms with Gasteiger partial charge in [-0.2, -0.15) is 0 Å². The standard InChI is InChI=1S/C13H19ClN4O3/c1-17-4-5-18(8-9(7-17)13(15)20)12(19)3-2-10-6-11(14)16-21-10/h6,9H,2-5,7-8H2,1H3,(H2,15,20)/t9-/m0/s1. The first-order valence-electron chi connectivity index (χ1n) is 6.82. The van der Waals surface area contributed by atoms with Crippen molar-refractivity contribution in [2.24, 2.45) is 11.7 Å². The number of likely N-dealkylation sites (N-methyl/N-ethyl adjacent to an activating group) is 1. The van der Waals surface area contributed by atoms with Gasteiger partial charge < -0.3 is 20.1 Å². The van der Waals surface area contributed by atoms with Crippen LogP contribution in [0.5, 0.6) is 0 Å². The van der Waals surface area contributed by atoms with Crippen molar-refractivity contribution in [2.75, 3.05) is 33.2 Å². The predicted octanol–water partition coefficient (Wildman–Crippen LogP) is 0.136. The lowest BCUT2D eigenvalue weighted by atomic mass is 10.1. The van der Waals surface area contributed by atoms with E-state index in [1.807, 2.05) is 11.9 Å². The van der Waals surface area contributed by atoms with Gasteiger partial charge in [0, 0.05) is 45.1 Å². The summed E-state index contributed by atoms with van der Waals surface area (Å²) < 4.78 is 4.97. The number of rotatable bonds is 4. The van der Waals surface area contributed by atoms with Gasteiger partial charge in [0.05, 0.1) is 5.92 Å². The lowest BCUT2D eigenvalue weighted by Crippen LogP contribution is -2.40. The Morgan fingerprint density at radius 3 is 2.86 bits per heavy atom. The van der Waals surface area contributed by atoms with Gasteiger partial charge in [0.1, 0.15) is 5.76 Å². The van der Waals surface area contributed by atoms with Crippen LogP contribution >= 0.6 is 11.6 Å². The number of carbonyl (C=O) groups is 2. The molecule has 1 saturated heterocycles. The minimum absolute atomic E-state index is 0.0240. The highest BCUT2D eigenvalue weighted by Gasteiger charge is 2.27. The molecule has 8 heteroatoms. The number of hydrogen-bond donors (Lipinski definition) is 1. The number of carbonyl (C=O) groups excluding carboxylic acids is 2. The van der Waals surface area contributed by atoms with E-state index in [0.717, 1.165) is 6.54 Å². The minimum atomic E-state index is -0.372. The number of hydrogen-bond acceptors (Lipinski definition) is 5. The van der Waals surface area contributed by atoms with Gasteiger partial charge in [-0.25, -0.2) is 0 Å². The lowest BCUT2D eigenvalue weighted by Gasteiger charge is -2.22. The van der Waals surface area contributed by atoms with Crippen LogP contribution < -0.4 is 5.73 Å². The molecule has 1 aromatic heterocycles. The molecule has 116 valence electrons. The molecule has 0 radical (unpaired) electrons. The Bertz CT molecular complexity index is 519. The molecule has 0 aliphatic carbocycles. The third-order valence-corrected chi connectivity index (χ3v) is 3.77. The van der Waals surface area contributed by atoms with E-state index in [0.29, 0.717) is 38.2 Å². The summed E-state index contributed by atoms with van der Waals surface area (Å²) in [5, 5.41) is 3.85. The number of aryl methyl sites for hydroxylation is 1. The average molecular weight is 315 g/mol. The van der Waals surface area contributed by atoms with Crippen molar-refractivity contribution in [3.8, 4) is 0 Å². The van der Waals surface area contributed by atoms with Crippen molar-refractivity contribution in [2.45, 2.75) is 12.8 Å². The first-order chi connectivity index (χ1) is 9.95. The van der Waals surface area contributed by atoms with Crippen molar-refractivity contribution in [3.05, 3.63) is 17.0 Å². The monoisotopic (exact) mass is 314 g/mol. The van der Waals surface area contributed by atoms with Crippen LogP contribution in [0.25, 0.3) is 0 Å². The van der Waals surface area contributed by atoms with Gasteiger partial charge in [-0.05, 0) is 7.05 Å². The van der Waals surface area contributed by atoms with Gasteiger partial charge in [-0.3, -0.25) is 9.59 Å². The summed E-state index contributed by atoms with van der Waals surface area (Å²) in [5.74, 6) is -0.152. The van der Waals surface area contributed by atoms with E-state index in [2.05, 4.69) is 5.16 Å². The maximum Gasteiger partial charge on any atom is 0.223 e. The zero-order valence-corrected chi connectivity index (χ0v) is 12.7. The molecule has 2 rings (SSSR count). The van der Waals surface area contributed by atoms with Crippen molar-refractivity contribution < 1.29 is 14.1 Å². The summed E-state index contributed by atoms with van der Waals surface area (Å²) in [5.41, 5.74) is 5.39. The number of halogens is 1. The normalized spacial score (nSPS) is 20.3. The first kappa shape index (κ1) is 15.8. The highest BCUT2D eigenvalue weighted by Crippen LogP contribution is 2.13. The quantitative estimate of drug-likeness (QED) is 0.853. The SMILES string of the molecule is CN1CCN(C(=O)CCc2cc(Cl)no2)C[C@@H](C(N)=O)C1. The highest BCUT2D eigenvalue weighted by molar-refractivity contribution is 6.29. The van der Waals surface area contributed by atoms with Gasteiger partial charge in [-0.1, -0.05) is 16.8 Å². The zero-order chi connectivity index (χ0) is 15.4. The smallest absolute Gasteiger partial charge is 0.223 e. The summed E-state index contributed by atoms with van der Waals surface area (Å²) in [6.45, 7) is 2.27. The number of nitrogens with zero attached hydrogens (tertiary/aromatic N) is 3. The molecule has 1 fully saturated rings. The molecule has 0 spiro atoms. The molecule has 0 bridgehead atoms. The fourth-order valence-electron chi connectivity index (χ4n) is 2.37. The van der Waals surface area contributed by atoms with Gasteiger partial charge in [0.2, 0.25) is 11.8 Å². The topological polar surface area (TPSA) is 92.7 Å².